The van der Waals surface area contributed by atoms with Gasteiger partial charge in [0.2, 0.25) is 0 Å². The van der Waals surface area contributed by atoms with Crippen LogP contribution in [0.2, 0.25) is 0 Å². The van der Waals surface area contributed by atoms with Crippen molar-refractivity contribution in [2.45, 2.75) is 46.1 Å². The van der Waals surface area contributed by atoms with Crippen molar-refractivity contribution >= 4 is 11.9 Å². The standard InChI is InChI=1S/C14H23N3O3/c1-9(2)12-8-11(15-16(12)5)14(20)17(10(3)4)7-6-13(18)19/h8-10H,6-7H2,1-5H3,(H,18,19). The van der Waals surface area contributed by atoms with Crippen molar-refractivity contribution in [3.8, 4) is 0 Å². The number of carboxylic acid groups (broad SMARTS) is 1. The van der Waals surface area contributed by atoms with Crippen LogP contribution >= 0.6 is 0 Å². The van der Waals surface area contributed by atoms with Gasteiger partial charge in [0, 0.05) is 25.3 Å². The molecule has 1 N–H and O–H groups in total. The first kappa shape index (κ1) is 16.2. The zero-order valence-corrected chi connectivity index (χ0v) is 12.8. The molecule has 0 saturated carbocycles. The Hall–Kier alpha value is -1.85. The highest BCUT2D eigenvalue weighted by Gasteiger charge is 2.23. The molecule has 6 heteroatoms. The lowest BCUT2D eigenvalue weighted by Crippen LogP contribution is -2.38. The van der Waals surface area contributed by atoms with Crippen LogP contribution in [0, 0.1) is 0 Å². The van der Waals surface area contributed by atoms with Gasteiger partial charge >= 0.3 is 5.97 Å². The summed E-state index contributed by atoms with van der Waals surface area (Å²) in [5.74, 6) is -0.850. The molecule has 0 fully saturated rings. The van der Waals surface area contributed by atoms with Crippen molar-refractivity contribution in [1.29, 1.82) is 0 Å². The van der Waals surface area contributed by atoms with Gasteiger partial charge in [0.25, 0.3) is 5.91 Å². The molecule has 0 spiro atoms. The summed E-state index contributed by atoms with van der Waals surface area (Å²) in [4.78, 5) is 24.7. The van der Waals surface area contributed by atoms with Gasteiger partial charge in [-0.2, -0.15) is 5.10 Å². The first-order chi connectivity index (χ1) is 9.23. The quantitative estimate of drug-likeness (QED) is 0.863. The predicted molar refractivity (Wildman–Crippen MR) is 75.7 cm³/mol. The molecule has 6 nitrogen and oxygen atoms in total. The van der Waals surface area contributed by atoms with Gasteiger partial charge in [-0.3, -0.25) is 14.3 Å². The summed E-state index contributed by atoms with van der Waals surface area (Å²) in [5.41, 5.74) is 1.35. The maximum absolute atomic E-state index is 12.4. The van der Waals surface area contributed by atoms with Crippen molar-refractivity contribution in [3.63, 3.8) is 0 Å². The normalized spacial score (nSPS) is 11.2. The van der Waals surface area contributed by atoms with Crippen LogP contribution in [0.4, 0.5) is 0 Å². The number of rotatable bonds is 6. The summed E-state index contributed by atoms with van der Waals surface area (Å²) in [6.45, 7) is 8.00. The molecule has 0 aromatic carbocycles. The zero-order chi connectivity index (χ0) is 15.4. The van der Waals surface area contributed by atoms with Gasteiger partial charge in [-0.1, -0.05) is 13.8 Å². The van der Waals surface area contributed by atoms with Crippen molar-refractivity contribution in [1.82, 2.24) is 14.7 Å². The third kappa shape index (κ3) is 3.82. The highest BCUT2D eigenvalue weighted by atomic mass is 16.4. The molecular weight excluding hydrogens is 258 g/mol. The number of nitrogens with zero attached hydrogens (tertiary/aromatic N) is 3. The van der Waals surface area contributed by atoms with Gasteiger partial charge in [-0.15, -0.1) is 0 Å². The summed E-state index contributed by atoms with van der Waals surface area (Å²) in [6.07, 6.45) is -0.0617. The number of aromatic nitrogens is 2. The maximum Gasteiger partial charge on any atom is 0.305 e. The molecule has 0 aliphatic rings. The molecule has 0 saturated heterocycles. The van der Waals surface area contributed by atoms with Gasteiger partial charge in [0.1, 0.15) is 0 Å². The van der Waals surface area contributed by atoms with Crippen LogP contribution in [-0.4, -0.2) is 44.3 Å². The molecule has 0 unspecified atom stereocenters. The first-order valence-corrected chi connectivity index (χ1v) is 6.80. The number of carbonyl (C=O) groups is 2. The van der Waals surface area contributed by atoms with Gasteiger partial charge in [-0.05, 0) is 25.8 Å². The Morgan fingerprint density at radius 2 is 1.95 bits per heavy atom. The van der Waals surface area contributed by atoms with Crippen molar-refractivity contribution in [3.05, 3.63) is 17.5 Å². The smallest absolute Gasteiger partial charge is 0.305 e. The molecule has 1 amide bonds. The topological polar surface area (TPSA) is 75.4 Å². The van der Waals surface area contributed by atoms with E-state index in [1.807, 2.05) is 34.7 Å². The van der Waals surface area contributed by atoms with E-state index in [0.29, 0.717) is 5.69 Å². The van der Waals surface area contributed by atoms with E-state index in [9.17, 15) is 9.59 Å². The number of carbonyl (C=O) groups excluding carboxylic acids is 1. The first-order valence-electron chi connectivity index (χ1n) is 6.80. The lowest BCUT2D eigenvalue weighted by molar-refractivity contribution is -0.137. The fraction of sp³-hybridized carbons (Fsp3) is 0.643. The molecule has 0 atom stereocenters. The molecule has 1 heterocycles. The second kappa shape index (κ2) is 6.54. The summed E-state index contributed by atoms with van der Waals surface area (Å²) in [7, 11) is 1.81. The maximum atomic E-state index is 12.4. The number of carboxylic acids is 1. The Labute approximate surface area is 119 Å². The molecular formula is C14H23N3O3. The lowest BCUT2D eigenvalue weighted by Gasteiger charge is -2.25. The fourth-order valence-corrected chi connectivity index (χ4v) is 2.08. The highest BCUT2D eigenvalue weighted by molar-refractivity contribution is 5.92. The largest absolute Gasteiger partial charge is 0.481 e. The van der Waals surface area contributed by atoms with Gasteiger partial charge in [0.15, 0.2) is 5.69 Å². The third-order valence-electron chi connectivity index (χ3n) is 3.18. The van der Waals surface area contributed by atoms with Crippen LogP contribution in [0.3, 0.4) is 0 Å². The Kier molecular flexibility index (Phi) is 5.30. The summed E-state index contributed by atoms with van der Waals surface area (Å²) >= 11 is 0. The molecule has 0 bridgehead atoms. The Morgan fingerprint density at radius 3 is 2.35 bits per heavy atom. The van der Waals surface area contributed by atoms with E-state index in [-0.39, 0.29) is 30.8 Å². The van der Waals surface area contributed by atoms with Gasteiger partial charge < -0.3 is 10.0 Å². The number of aliphatic carboxylic acids is 1. The van der Waals surface area contributed by atoms with Gasteiger partial charge in [0.05, 0.1) is 6.42 Å². The monoisotopic (exact) mass is 281 g/mol. The molecule has 0 aliphatic heterocycles. The van der Waals surface area contributed by atoms with E-state index in [1.165, 1.54) is 0 Å². The SMILES string of the molecule is CC(C)c1cc(C(=O)N(CCC(=O)O)C(C)C)nn1C. The van der Waals surface area contributed by atoms with E-state index in [4.69, 9.17) is 5.11 Å². The van der Waals surface area contributed by atoms with Crippen LogP contribution in [0.25, 0.3) is 0 Å². The van der Waals surface area contributed by atoms with Crippen molar-refractivity contribution < 1.29 is 14.7 Å². The molecule has 1 aromatic rings. The molecule has 1 rings (SSSR count). The van der Waals surface area contributed by atoms with E-state index >= 15 is 0 Å². The number of hydrogen-bond acceptors (Lipinski definition) is 3. The minimum atomic E-state index is -0.910. The summed E-state index contributed by atoms with van der Waals surface area (Å²) in [5, 5.41) is 13.0. The summed E-state index contributed by atoms with van der Waals surface area (Å²) < 4.78 is 1.70. The number of aryl methyl sites for hydroxylation is 1. The third-order valence-corrected chi connectivity index (χ3v) is 3.18. The fourth-order valence-electron chi connectivity index (χ4n) is 2.08. The van der Waals surface area contributed by atoms with Crippen LogP contribution in [0.15, 0.2) is 6.07 Å². The van der Waals surface area contributed by atoms with Crippen LogP contribution < -0.4 is 0 Å². The van der Waals surface area contributed by atoms with E-state index in [1.54, 1.807) is 15.6 Å². The Bertz CT molecular complexity index is 492. The van der Waals surface area contributed by atoms with Crippen LogP contribution in [0.1, 0.15) is 56.2 Å². The predicted octanol–water partition coefficient (Wildman–Crippen LogP) is 1.87. The van der Waals surface area contributed by atoms with E-state index in [0.717, 1.165) is 5.69 Å². The van der Waals surface area contributed by atoms with E-state index in [2.05, 4.69) is 5.10 Å². The average molecular weight is 281 g/mol. The average Bonchev–Trinajstić information content (AvgIpc) is 2.70. The Balaban J connectivity index is 2.94. The van der Waals surface area contributed by atoms with Crippen molar-refractivity contribution in [2.24, 2.45) is 7.05 Å². The minimum Gasteiger partial charge on any atom is -0.481 e. The molecule has 0 radical (unpaired) electrons. The van der Waals surface area contributed by atoms with Crippen LogP contribution in [-0.2, 0) is 11.8 Å². The second-order valence-corrected chi connectivity index (χ2v) is 5.47. The molecule has 20 heavy (non-hydrogen) atoms. The lowest BCUT2D eigenvalue weighted by atomic mass is 10.1. The van der Waals surface area contributed by atoms with E-state index < -0.39 is 5.97 Å². The van der Waals surface area contributed by atoms with Gasteiger partial charge in [-0.25, -0.2) is 0 Å². The number of amides is 1. The molecule has 0 aliphatic carbocycles. The Morgan fingerprint density at radius 1 is 1.35 bits per heavy atom. The molecule has 112 valence electrons. The zero-order valence-electron chi connectivity index (χ0n) is 12.8. The highest BCUT2D eigenvalue weighted by Crippen LogP contribution is 2.16. The minimum absolute atomic E-state index is 0.0617. The second-order valence-electron chi connectivity index (χ2n) is 5.47. The molecule has 1 aromatic heterocycles. The number of hydrogen-bond donors (Lipinski definition) is 1. The van der Waals surface area contributed by atoms with Crippen LogP contribution in [0.5, 0.6) is 0 Å². The van der Waals surface area contributed by atoms with Crippen molar-refractivity contribution in [2.75, 3.05) is 6.54 Å². The summed E-state index contributed by atoms with van der Waals surface area (Å²) in [6, 6.07) is 1.72.